The maximum absolute atomic E-state index is 13.2. The number of hydrogen-bond donors (Lipinski definition) is 2. The predicted molar refractivity (Wildman–Crippen MR) is 85.2 cm³/mol. The first-order valence-corrected chi connectivity index (χ1v) is 8.15. The minimum absolute atomic E-state index is 0.0189. The smallest absolute Gasteiger partial charge is 0.255 e. The summed E-state index contributed by atoms with van der Waals surface area (Å²) < 4.78 is 55.7. The second kappa shape index (κ2) is 6.83. The summed E-state index contributed by atoms with van der Waals surface area (Å²) >= 11 is 0. The third kappa shape index (κ3) is 4.42. The minimum Gasteiger partial charge on any atom is -0.495 e. The summed E-state index contributed by atoms with van der Waals surface area (Å²) in [7, 11) is -2.49. The van der Waals surface area contributed by atoms with E-state index in [2.05, 4.69) is 16.3 Å². The Kier molecular flexibility index (Phi) is 5.03. The molecule has 0 saturated carbocycles. The number of methoxy groups -OCH3 is 1. The maximum Gasteiger partial charge on any atom is 0.255 e. The number of rotatable bonds is 5. The number of sulfonamides is 1. The molecule has 1 amide bonds. The molecule has 0 spiro atoms. The van der Waals surface area contributed by atoms with Crippen LogP contribution in [0.3, 0.4) is 0 Å². The van der Waals surface area contributed by atoms with Crippen molar-refractivity contribution in [3.63, 3.8) is 0 Å². The predicted octanol–water partition coefficient (Wildman–Crippen LogP) is 2.76. The second-order valence-electron chi connectivity index (χ2n) is 4.71. The van der Waals surface area contributed by atoms with Crippen LogP contribution in [0, 0.1) is 17.9 Å². The highest BCUT2D eigenvalue weighted by Gasteiger charge is 2.14. The molecule has 2 aromatic rings. The van der Waals surface area contributed by atoms with Crippen LogP contribution in [-0.2, 0) is 10.0 Å². The zero-order chi connectivity index (χ0) is 17.9. The highest BCUT2D eigenvalue weighted by molar-refractivity contribution is 7.93. The van der Waals surface area contributed by atoms with E-state index in [9.17, 15) is 22.0 Å². The number of carbonyl (C=O) groups excluding carboxylic acids is 1. The molecule has 2 N–H and O–H groups in total. The van der Waals surface area contributed by atoms with Gasteiger partial charge in [0.15, 0.2) is 11.6 Å². The first kappa shape index (κ1) is 17.7. The lowest BCUT2D eigenvalue weighted by Gasteiger charge is -2.12. The Morgan fingerprint density at radius 1 is 1.12 bits per heavy atom. The van der Waals surface area contributed by atoms with Crippen LogP contribution in [-0.4, -0.2) is 21.4 Å². The van der Waals surface area contributed by atoms with E-state index in [-0.39, 0.29) is 22.7 Å². The van der Waals surface area contributed by atoms with E-state index in [0.29, 0.717) is 0 Å². The lowest BCUT2D eigenvalue weighted by Crippen LogP contribution is -2.14. The Morgan fingerprint density at radius 3 is 2.42 bits per heavy atom. The summed E-state index contributed by atoms with van der Waals surface area (Å²) in [4.78, 5) is 12.2. The summed E-state index contributed by atoms with van der Waals surface area (Å²) in [5.41, 5.74) is 0.145. The Bertz CT molecular complexity index is 885. The van der Waals surface area contributed by atoms with E-state index in [0.717, 1.165) is 12.1 Å². The Morgan fingerprint density at radius 2 is 1.83 bits per heavy atom. The van der Waals surface area contributed by atoms with Gasteiger partial charge in [-0.15, -0.1) is 0 Å². The third-order valence-electron chi connectivity index (χ3n) is 2.90. The quantitative estimate of drug-likeness (QED) is 0.864. The lowest BCUT2D eigenvalue weighted by atomic mass is 10.1. The van der Waals surface area contributed by atoms with E-state index >= 15 is 0 Å². The Hall–Kier alpha value is -2.68. The van der Waals surface area contributed by atoms with Gasteiger partial charge < -0.3 is 10.1 Å². The third-order valence-corrected chi connectivity index (χ3v) is 3.44. The average Bonchev–Trinajstić information content (AvgIpc) is 2.49. The van der Waals surface area contributed by atoms with Crippen LogP contribution in [0.4, 0.5) is 20.2 Å². The van der Waals surface area contributed by atoms with Crippen LogP contribution < -0.4 is 14.8 Å². The Labute approximate surface area is 137 Å². The second-order valence-corrected chi connectivity index (χ2v) is 6.15. The molecule has 127 valence electrons. The van der Waals surface area contributed by atoms with Crippen LogP contribution in [0.5, 0.6) is 5.75 Å². The number of halogens is 2. The molecule has 24 heavy (non-hydrogen) atoms. The molecule has 6 nitrogen and oxygen atoms in total. The van der Waals surface area contributed by atoms with Crippen LogP contribution in [0.25, 0.3) is 0 Å². The van der Waals surface area contributed by atoms with Crippen molar-refractivity contribution in [2.75, 3.05) is 17.1 Å². The molecule has 0 bridgehead atoms. The number of anilines is 2. The molecule has 0 heterocycles. The summed E-state index contributed by atoms with van der Waals surface area (Å²) in [6, 6.07) is 6.90. The number of nitrogens with one attached hydrogen (secondary N) is 2. The molecule has 0 aliphatic heterocycles. The molecule has 0 atom stereocenters. The Balaban J connectivity index is 2.28. The molecule has 9 heteroatoms. The first-order chi connectivity index (χ1) is 11.2. The molecule has 0 aliphatic rings. The molecule has 0 saturated heterocycles. The van der Waals surface area contributed by atoms with Gasteiger partial charge in [-0.25, -0.2) is 17.2 Å². The van der Waals surface area contributed by atoms with E-state index in [1.165, 1.54) is 31.4 Å². The average molecular weight is 355 g/mol. The van der Waals surface area contributed by atoms with Gasteiger partial charge in [-0.2, -0.15) is 0 Å². The van der Waals surface area contributed by atoms with Gasteiger partial charge in [-0.3, -0.25) is 9.52 Å². The first-order valence-electron chi connectivity index (χ1n) is 6.50. The van der Waals surface area contributed by atoms with Crippen molar-refractivity contribution in [3.8, 4) is 5.75 Å². The van der Waals surface area contributed by atoms with Gasteiger partial charge in [0.05, 0.1) is 19.1 Å². The molecule has 0 unspecified atom stereocenters. The van der Waals surface area contributed by atoms with Crippen LogP contribution >= 0.6 is 0 Å². The maximum atomic E-state index is 13.2. The highest BCUT2D eigenvalue weighted by Crippen LogP contribution is 2.27. The SMILES string of the molecule is [CH2]S(=O)(=O)Nc1cc(C(=O)Nc2ccc(F)c(F)c2)ccc1OC. The van der Waals surface area contributed by atoms with Crippen molar-refractivity contribution >= 4 is 27.3 Å². The van der Waals surface area contributed by atoms with Crippen molar-refractivity contribution in [2.24, 2.45) is 0 Å². The fraction of sp³-hybridized carbons (Fsp3) is 0.0667. The molecular formula is C15H13F2N2O4S. The summed E-state index contributed by atoms with van der Waals surface area (Å²) in [6.45, 7) is 0. The van der Waals surface area contributed by atoms with E-state index in [4.69, 9.17) is 4.74 Å². The lowest BCUT2D eigenvalue weighted by molar-refractivity contribution is 0.102. The van der Waals surface area contributed by atoms with Crippen molar-refractivity contribution in [2.45, 2.75) is 0 Å². The summed E-state index contributed by atoms with van der Waals surface area (Å²) in [6.07, 6.45) is 2.93. The van der Waals surface area contributed by atoms with Crippen LogP contribution in [0.2, 0.25) is 0 Å². The zero-order valence-corrected chi connectivity index (χ0v) is 13.3. The molecule has 0 aromatic heterocycles. The number of carbonyl (C=O) groups is 1. The zero-order valence-electron chi connectivity index (χ0n) is 12.5. The van der Waals surface area contributed by atoms with Gasteiger partial charge in [0, 0.05) is 17.3 Å². The standard InChI is InChI=1S/C15H13F2N2O4S/c1-23-14-6-3-9(7-13(14)19-24(2,21)22)15(20)18-10-4-5-11(16)12(17)8-10/h3-8,19H,2H2,1H3,(H,18,20). The monoisotopic (exact) mass is 355 g/mol. The van der Waals surface area contributed by atoms with Crippen LogP contribution in [0.15, 0.2) is 36.4 Å². The van der Waals surface area contributed by atoms with Crippen molar-refractivity contribution < 1.29 is 26.7 Å². The largest absolute Gasteiger partial charge is 0.495 e. The van der Waals surface area contributed by atoms with Gasteiger partial charge in [-0.05, 0) is 30.3 Å². The molecule has 2 aromatic carbocycles. The highest BCUT2D eigenvalue weighted by atomic mass is 32.2. The van der Waals surface area contributed by atoms with Crippen molar-refractivity contribution in [1.82, 2.24) is 0 Å². The molecule has 2 rings (SSSR count). The molecule has 0 fully saturated rings. The van der Waals surface area contributed by atoms with Gasteiger partial charge in [-0.1, -0.05) is 0 Å². The molecule has 0 aliphatic carbocycles. The molecule has 1 radical (unpaired) electrons. The fourth-order valence-electron chi connectivity index (χ4n) is 1.87. The number of benzene rings is 2. The van der Waals surface area contributed by atoms with Gasteiger partial charge >= 0.3 is 0 Å². The summed E-state index contributed by atoms with van der Waals surface area (Å²) in [5, 5.41) is 2.37. The molecular weight excluding hydrogens is 342 g/mol. The minimum atomic E-state index is -3.82. The van der Waals surface area contributed by atoms with Crippen LogP contribution in [0.1, 0.15) is 10.4 Å². The number of ether oxygens (including phenoxy) is 1. The fourth-order valence-corrected chi connectivity index (χ4v) is 2.37. The number of hydrogen-bond acceptors (Lipinski definition) is 4. The van der Waals surface area contributed by atoms with E-state index in [1.54, 1.807) is 0 Å². The van der Waals surface area contributed by atoms with Crippen molar-refractivity contribution in [1.29, 1.82) is 0 Å². The van der Waals surface area contributed by atoms with E-state index in [1.807, 2.05) is 0 Å². The topological polar surface area (TPSA) is 84.5 Å². The van der Waals surface area contributed by atoms with Gasteiger partial charge in [0.25, 0.3) is 5.91 Å². The van der Waals surface area contributed by atoms with Gasteiger partial charge in [0.1, 0.15) is 5.75 Å². The van der Waals surface area contributed by atoms with Gasteiger partial charge in [0.2, 0.25) is 10.0 Å². The number of amides is 1. The van der Waals surface area contributed by atoms with E-state index < -0.39 is 27.6 Å². The van der Waals surface area contributed by atoms with Crippen molar-refractivity contribution in [3.05, 3.63) is 59.9 Å². The normalized spacial score (nSPS) is 11.0. The summed E-state index contributed by atoms with van der Waals surface area (Å²) in [5.74, 6) is -2.60.